The number of anilines is 2. The van der Waals surface area contributed by atoms with E-state index in [9.17, 15) is 4.79 Å². The first-order valence-corrected chi connectivity index (χ1v) is 11.9. The number of nitrogens with one attached hydrogen (secondary N) is 2. The lowest BCUT2D eigenvalue weighted by molar-refractivity contribution is -0.0276. The first-order valence-electron chi connectivity index (χ1n) is 11.0. The Bertz CT molecular complexity index is 1340. The smallest absolute Gasteiger partial charge is 0.259 e. The molecule has 2 aromatic carbocycles. The molecule has 0 unspecified atom stereocenters. The van der Waals surface area contributed by atoms with Gasteiger partial charge in [0.2, 0.25) is 0 Å². The molecule has 0 saturated carbocycles. The number of aromatic amines is 1. The van der Waals surface area contributed by atoms with Crippen LogP contribution in [0.25, 0.3) is 22.4 Å². The predicted octanol–water partition coefficient (Wildman–Crippen LogP) is 5.17. The van der Waals surface area contributed by atoms with Gasteiger partial charge >= 0.3 is 0 Å². The van der Waals surface area contributed by atoms with E-state index in [1.165, 1.54) is 17.0 Å². The number of ether oxygens (including phenoxy) is 1. The molecular weight excluding hydrogens is 434 g/mol. The lowest BCUT2D eigenvalue weighted by atomic mass is 10.0. The lowest BCUT2D eigenvalue weighted by Crippen LogP contribution is -2.48. The summed E-state index contributed by atoms with van der Waals surface area (Å²) in [6.45, 7) is 10.7. The van der Waals surface area contributed by atoms with Gasteiger partial charge < -0.3 is 14.6 Å². The van der Waals surface area contributed by atoms with Crippen LogP contribution >= 0.6 is 11.3 Å². The Morgan fingerprint density at radius 2 is 2.06 bits per heavy atom. The number of aromatic nitrogens is 3. The Morgan fingerprint density at radius 3 is 2.79 bits per heavy atom. The van der Waals surface area contributed by atoms with Gasteiger partial charge in [-0.2, -0.15) is 0 Å². The third kappa shape index (κ3) is 4.36. The molecular formula is C25H27N5O2S. The minimum Gasteiger partial charge on any atom is -0.372 e. The molecule has 0 atom stereocenters. The number of fused-ring (bicyclic) bond motifs is 1. The Kier molecular flexibility index (Phi) is 5.42. The van der Waals surface area contributed by atoms with E-state index >= 15 is 0 Å². The average molecular weight is 462 g/mol. The number of carbonyl (C=O) groups is 1. The zero-order valence-electron chi connectivity index (χ0n) is 19.2. The average Bonchev–Trinajstić information content (AvgIpc) is 3.38. The van der Waals surface area contributed by atoms with Crippen molar-refractivity contribution in [3.63, 3.8) is 0 Å². The molecule has 7 nitrogen and oxygen atoms in total. The Morgan fingerprint density at radius 1 is 1.21 bits per heavy atom. The number of H-pyrrole nitrogens is 1. The van der Waals surface area contributed by atoms with Gasteiger partial charge in [0.25, 0.3) is 5.91 Å². The highest BCUT2D eigenvalue weighted by molar-refractivity contribution is 7.13. The van der Waals surface area contributed by atoms with Gasteiger partial charge in [0.1, 0.15) is 11.3 Å². The van der Waals surface area contributed by atoms with Gasteiger partial charge in [-0.15, -0.1) is 11.3 Å². The second kappa shape index (κ2) is 8.28. The van der Waals surface area contributed by atoms with Crippen molar-refractivity contribution >= 4 is 39.1 Å². The van der Waals surface area contributed by atoms with Crippen molar-refractivity contribution in [3.05, 3.63) is 58.6 Å². The van der Waals surface area contributed by atoms with Gasteiger partial charge in [-0.1, -0.05) is 6.07 Å². The predicted molar refractivity (Wildman–Crippen MR) is 133 cm³/mol. The van der Waals surface area contributed by atoms with E-state index in [1.807, 2.05) is 24.4 Å². The molecule has 170 valence electrons. The highest BCUT2D eigenvalue weighted by atomic mass is 32.1. The fourth-order valence-electron chi connectivity index (χ4n) is 4.27. The minimum absolute atomic E-state index is 0.155. The second-order valence-corrected chi connectivity index (χ2v) is 9.92. The van der Waals surface area contributed by atoms with Gasteiger partial charge in [0.05, 0.1) is 29.0 Å². The van der Waals surface area contributed by atoms with Crippen LogP contribution in [-0.4, -0.2) is 46.2 Å². The maximum Gasteiger partial charge on any atom is 0.259 e. The third-order valence-electron chi connectivity index (χ3n) is 5.85. The summed E-state index contributed by atoms with van der Waals surface area (Å²) in [5, 5.41) is 5.38. The normalized spacial score (nSPS) is 15.7. The van der Waals surface area contributed by atoms with E-state index in [2.05, 4.69) is 59.2 Å². The van der Waals surface area contributed by atoms with Gasteiger partial charge in [-0.25, -0.2) is 9.97 Å². The molecule has 1 fully saturated rings. The molecule has 3 heterocycles. The van der Waals surface area contributed by atoms with E-state index in [-0.39, 0.29) is 11.5 Å². The largest absolute Gasteiger partial charge is 0.372 e. The van der Waals surface area contributed by atoms with Crippen molar-refractivity contribution in [2.45, 2.75) is 33.3 Å². The summed E-state index contributed by atoms with van der Waals surface area (Å²) in [6, 6.07) is 12.0. The number of para-hydroxylation sites is 1. The number of rotatable bonds is 4. The van der Waals surface area contributed by atoms with Crippen LogP contribution in [0, 0.1) is 13.8 Å². The fraction of sp³-hybridized carbons (Fsp3) is 0.320. The number of morpholine rings is 1. The molecule has 0 aliphatic carbocycles. The van der Waals surface area contributed by atoms with Gasteiger partial charge in [-0.05, 0) is 63.6 Å². The molecule has 5 rings (SSSR count). The molecule has 1 amide bonds. The summed E-state index contributed by atoms with van der Waals surface area (Å²) in [5.74, 6) is 0.539. The summed E-state index contributed by atoms with van der Waals surface area (Å²) in [4.78, 5) is 27.8. The standard InChI is InChI=1S/C25H27N5O2S/c1-15-12-17(30-10-11-32-25(3,4)14-30)8-9-18(15)22-27-20-7-5-6-19(21(20)28-22)23(31)29-24-26-16(2)13-33-24/h5-9,12-13H,10-11,14H2,1-4H3,(H,27,28)(H,26,29,31). The molecule has 2 N–H and O–H groups in total. The zero-order valence-corrected chi connectivity index (χ0v) is 20.0. The summed E-state index contributed by atoms with van der Waals surface area (Å²) in [6.07, 6.45) is 0. The summed E-state index contributed by atoms with van der Waals surface area (Å²) in [5.41, 5.74) is 6.05. The summed E-state index contributed by atoms with van der Waals surface area (Å²) in [7, 11) is 0. The molecule has 1 aliphatic rings. The quantitative estimate of drug-likeness (QED) is 0.438. The highest BCUT2D eigenvalue weighted by Gasteiger charge is 2.27. The van der Waals surface area contributed by atoms with Crippen LogP contribution in [-0.2, 0) is 4.74 Å². The third-order valence-corrected chi connectivity index (χ3v) is 6.73. The number of nitrogens with zero attached hydrogens (tertiary/aromatic N) is 3. The SMILES string of the molecule is Cc1csc(NC(=O)c2cccc3[nH]c(-c4ccc(N5CCOC(C)(C)C5)cc4C)nc23)n1. The second-order valence-electron chi connectivity index (χ2n) is 9.06. The van der Waals surface area contributed by atoms with Crippen LogP contribution in [0.15, 0.2) is 41.8 Å². The number of benzene rings is 2. The molecule has 0 bridgehead atoms. The Hall–Kier alpha value is -3.23. The van der Waals surface area contributed by atoms with E-state index in [0.29, 0.717) is 16.2 Å². The number of hydrogen-bond donors (Lipinski definition) is 2. The molecule has 0 spiro atoms. The van der Waals surface area contributed by atoms with E-state index in [1.54, 1.807) is 6.07 Å². The topological polar surface area (TPSA) is 83.1 Å². The monoisotopic (exact) mass is 461 g/mol. The molecule has 33 heavy (non-hydrogen) atoms. The molecule has 8 heteroatoms. The lowest BCUT2D eigenvalue weighted by Gasteiger charge is -2.39. The first-order chi connectivity index (χ1) is 15.8. The summed E-state index contributed by atoms with van der Waals surface area (Å²) < 4.78 is 5.85. The number of hydrogen-bond acceptors (Lipinski definition) is 6. The number of thiazole rings is 1. The maximum atomic E-state index is 12.9. The molecule has 4 aromatic rings. The van der Waals surface area contributed by atoms with Crippen LogP contribution in [0.1, 0.15) is 35.5 Å². The van der Waals surface area contributed by atoms with Gasteiger partial charge in [0.15, 0.2) is 5.13 Å². The molecule has 0 radical (unpaired) electrons. The Labute approximate surface area is 196 Å². The molecule has 1 aliphatic heterocycles. The van der Waals surface area contributed by atoms with Crippen molar-refractivity contribution in [2.24, 2.45) is 0 Å². The van der Waals surface area contributed by atoms with Gasteiger partial charge in [0, 0.05) is 29.7 Å². The first kappa shape index (κ1) is 21.6. The number of aryl methyl sites for hydroxylation is 2. The maximum absolute atomic E-state index is 12.9. The van der Waals surface area contributed by atoms with Crippen molar-refractivity contribution in [3.8, 4) is 11.4 Å². The number of amides is 1. The van der Waals surface area contributed by atoms with Crippen molar-refractivity contribution in [2.75, 3.05) is 29.9 Å². The highest BCUT2D eigenvalue weighted by Crippen LogP contribution is 2.30. The van der Waals surface area contributed by atoms with Crippen molar-refractivity contribution < 1.29 is 9.53 Å². The molecule has 2 aromatic heterocycles. The van der Waals surface area contributed by atoms with Crippen molar-refractivity contribution in [1.82, 2.24) is 15.0 Å². The van der Waals surface area contributed by atoms with Crippen molar-refractivity contribution in [1.29, 1.82) is 0 Å². The minimum atomic E-state index is -0.213. The Balaban J connectivity index is 1.44. The molecule has 1 saturated heterocycles. The summed E-state index contributed by atoms with van der Waals surface area (Å²) >= 11 is 1.41. The van der Waals surface area contributed by atoms with Crippen LogP contribution in [0.5, 0.6) is 0 Å². The van der Waals surface area contributed by atoms with Crippen LogP contribution in [0.2, 0.25) is 0 Å². The number of carbonyl (C=O) groups excluding carboxylic acids is 1. The van der Waals surface area contributed by atoms with Crippen LogP contribution < -0.4 is 10.2 Å². The van der Waals surface area contributed by atoms with E-state index < -0.39 is 0 Å². The van der Waals surface area contributed by atoms with Gasteiger partial charge in [-0.3, -0.25) is 10.1 Å². The zero-order chi connectivity index (χ0) is 23.2. The van der Waals surface area contributed by atoms with E-state index in [4.69, 9.17) is 9.72 Å². The van der Waals surface area contributed by atoms with Crippen LogP contribution in [0.4, 0.5) is 10.8 Å². The fourth-order valence-corrected chi connectivity index (χ4v) is 4.95. The van der Waals surface area contributed by atoms with E-state index in [0.717, 1.165) is 47.9 Å². The number of imidazole rings is 1. The van der Waals surface area contributed by atoms with Crippen LogP contribution in [0.3, 0.4) is 0 Å².